The van der Waals surface area contributed by atoms with Crippen LogP contribution < -0.4 is 10.6 Å². The Labute approximate surface area is 185 Å². The minimum absolute atomic E-state index is 0.0364. The summed E-state index contributed by atoms with van der Waals surface area (Å²) in [6.45, 7) is 5.53. The van der Waals surface area contributed by atoms with E-state index in [1.807, 2.05) is 13.8 Å². The summed E-state index contributed by atoms with van der Waals surface area (Å²) in [7, 11) is 0. The Bertz CT molecular complexity index is 1110. The number of carbonyl (C=O) groups excluding carboxylic acids is 2. The number of imide groups is 1. The fraction of sp³-hybridized carbons (Fsp3) is 0.458. The number of fused-ring (bicyclic) bond motifs is 6. The Morgan fingerprint density at radius 1 is 1.19 bits per heavy atom. The molecule has 2 N–H and O–H groups in total. The second-order valence-electron chi connectivity index (χ2n) is 8.74. The maximum Gasteiger partial charge on any atom is 0.233 e. The number of benzene rings is 1. The topological polar surface area (TPSA) is 86.9 Å². The number of guanidine groups is 1. The van der Waals surface area contributed by atoms with E-state index < -0.39 is 0 Å². The molecule has 0 radical (unpaired) electrons. The van der Waals surface area contributed by atoms with Crippen LogP contribution in [0.5, 0.6) is 0 Å². The number of rotatable bonds is 6. The molecule has 2 bridgehead atoms. The number of nitrogens with zero attached hydrogens (tertiary/aromatic N) is 2. The molecular weight excluding hydrogens is 411 g/mol. The predicted molar refractivity (Wildman–Crippen MR) is 118 cm³/mol. The van der Waals surface area contributed by atoms with Crippen LogP contribution in [0, 0.1) is 36.4 Å². The summed E-state index contributed by atoms with van der Waals surface area (Å²) in [4.78, 5) is 31.6. The van der Waals surface area contributed by atoms with E-state index >= 15 is 0 Å². The molecule has 3 aliphatic rings. The van der Waals surface area contributed by atoms with Crippen LogP contribution in [0.3, 0.4) is 0 Å². The number of hydrogen-bond acceptors (Lipinski definition) is 4. The van der Waals surface area contributed by atoms with Crippen LogP contribution in [0.4, 0.5) is 4.39 Å². The Morgan fingerprint density at radius 3 is 2.59 bits per heavy atom. The molecular formula is C24H27FN4O3. The smallest absolute Gasteiger partial charge is 0.233 e. The van der Waals surface area contributed by atoms with Gasteiger partial charge < -0.3 is 15.1 Å². The highest BCUT2D eigenvalue weighted by atomic mass is 19.1. The molecule has 1 aromatic heterocycles. The number of allylic oxidation sites excluding steroid dienone is 2. The van der Waals surface area contributed by atoms with Gasteiger partial charge in [0.15, 0.2) is 5.96 Å². The molecule has 8 heteroatoms. The molecule has 2 aromatic rings. The van der Waals surface area contributed by atoms with E-state index in [1.165, 1.54) is 17.0 Å². The number of carbonyl (C=O) groups is 2. The normalized spacial score (nSPS) is 26.5. The number of aliphatic imine (C=N–C) groups is 1. The summed E-state index contributed by atoms with van der Waals surface area (Å²) in [6.07, 6.45) is 5.14. The van der Waals surface area contributed by atoms with Crippen molar-refractivity contribution in [3.05, 3.63) is 47.5 Å². The maximum absolute atomic E-state index is 13.5. The first-order valence-electron chi connectivity index (χ1n) is 11.2. The van der Waals surface area contributed by atoms with Crippen molar-refractivity contribution < 1.29 is 18.4 Å². The van der Waals surface area contributed by atoms with Crippen molar-refractivity contribution in [1.29, 1.82) is 0 Å². The molecule has 2 amide bonds. The van der Waals surface area contributed by atoms with E-state index in [2.05, 4.69) is 27.8 Å². The largest absolute Gasteiger partial charge is 0.459 e. The van der Waals surface area contributed by atoms with Crippen molar-refractivity contribution in [3.63, 3.8) is 0 Å². The average molecular weight is 439 g/mol. The first kappa shape index (κ1) is 20.7. The van der Waals surface area contributed by atoms with E-state index in [4.69, 9.17) is 4.42 Å². The average Bonchev–Trinajstić information content (AvgIpc) is 3.52. The van der Waals surface area contributed by atoms with Gasteiger partial charge in [-0.2, -0.15) is 0 Å². The zero-order valence-corrected chi connectivity index (χ0v) is 18.2. The van der Waals surface area contributed by atoms with Crippen LogP contribution in [0.2, 0.25) is 0 Å². The number of hydrogen-bond donors (Lipinski definition) is 2. The zero-order chi connectivity index (χ0) is 22.4. The van der Waals surface area contributed by atoms with Crippen molar-refractivity contribution >= 4 is 28.7 Å². The van der Waals surface area contributed by atoms with Crippen molar-refractivity contribution in [2.75, 3.05) is 19.6 Å². The minimum Gasteiger partial charge on any atom is -0.459 e. The number of nitrogens with one attached hydrogen (secondary N) is 2. The van der Waals surface area contributed by atoms with Gasteiger partial charge in [0.1, 0.15) is 23.7 Å². The third-order valence-corrected chi connectivity index (χ3v) is 6.91. The van der Waals surface area contributed by atoms with Crippen LogP contribution in [-0.4, -0.2) is 42.3 Å². The highest BCUT2D eigenvalue weighted by Gasteiger charge is 2.58. The zero-order valence-electron chi connectivity index (χ0n) is 18.2. The van der Waals surface area contributed by atoms with Crippen molar-refractivity contribution in [2.45, 2.75) is 26.8 Å². The highest BCUT2D eigenvalue weighted by Crippen LogP contribution is 2.52. The molecule has 4 atom stereocenters. The first-order valence-corrected chi connectivity index (χ1v) is 11.2. The molecule has 32 heavy (non-hydrogen) atoms. The van der Waals surface area contributed by atoms with Crippen molar-refractivity contribution in [2.24, 2.45) is 28.7 Å². The summed E-state index contributed by atoms with van der Waals surface area (Å²) < 4.78 is 19.4. The Hall–Kier alpha value is -3.16. The number of likely N-dealkylation sites (tertiary alicyclic amines) is 1. The second kappa shape index (κ2) is 8.07. The van der Waals surface area contributed by atoms with Gasteiger partial charge in [-0.1, -0.05) is 12.2 Å². The number of halogens is 1. The Kier molecular flexibility index (Phi) is 5.23. The van der Waals surface area contributed by atoms with Gasteiger partial charge in [-0.3, -0.25) is 14.5 Å². The molecule has 1 aliphatic heterocycles. The van der Waals surface area contributed by atoms with Gasteiger partial charge in [-0.25, -0.2) is 9.38 Å². The lowest BCUT2D eigenvalue weighted by molar-refractivity contribution is -0.140. The molecule has 168 valence electrons. The van der Waals surface area contributed by atoms with E-state index in [0.29, 0.717) is 36.9 Å². The standard InChI is InChI=1S/C24H27FN4O3/c1-3-26-24(28-12-19-13(2)17-11-16(25)6-7-18(17)32-19)27-8-9-29-22(30)20-14-4-5-15(10-14)21(20)23(29)31/h4-7,11,14-15,20-21H,3,8-10,12H2,1-2H3,(H2,26,27,28). The third kappa shape index (κ3) is 3.38. The molecule has 2 heterocycles. The van der Waals surface area contributed by atoms with Gasteiger partial charge in [0.05, 0.1) is 11.8 Å². The lowest BCUT2D eigenvalue weighted by atomic mass is 9.85. The number of amides is 2. The SMILES string of the molecule is CCNC(=NCc1oc2ccc(F)cc2c1C)NCCN1C(=O)C2C3C=CC(C3)C2C1=O. The molecule has 2 fully saturated rings. The van der Waals surface area contributed by atoms with Crippen LogP contribution in [0.1, 0.15) is 24.7 Å². The number of aryl methyl sites for hydroxylation is 1. The Balaban J connectivity index is 1.22. The first-order chi connectivity index (χ1) is 15.5. The summed E-state index contributed by atoms with van der Waals surface area (Å²) in [6, 6.07) is 4.46. The van der Waals surface area contributed by atoms with Crippen LogP contribution in [-0.2, 0) is 16.1 Å². The van der Waals surface area contributed by atoms with Gasteiger partial charge in [-0.05, 0) is 50.3 Å². The molecule has 0 spiro atoms. The molecule has 1 aromatic carbocycles. The molecule has 4 unspecified atom stereocenters. The monoisotopic (exact) mass is 438 g/mol. The summed E-state index contributed by atoms with van der Waals surface area (Å²) >= 11 is 0. The van der Waals surface area contributed by atoms with E-state index in [0.717, 1.165) is 17.4 Å². The number of furan rings is 1. The van der Waals surface area contributed by atoms with E-state index in [-0.39, 0.29) is 47.8 Å². The van der Waals surface area contributed by atoms with E-state index in [1.54, 1.807) is 6.07 Å². The van der Waals surface area contributed by atoms with Gasteiger partial charge in [0.25, 0.3) is 0 Å². The molecule has 1 saturated carbocycles. The molecule has 7 nitrogen and oxygen atoms in total. The minimum atomic E-state index is -0.301. The van der Waals surface area contributed by atoms with E-state index in [9.17, 15) is 14.0 Å². The summed E-state index contributed by atoms with van der Waals surface area (Å²) in [5.41, 5.74) is 1.49. The Morgan fingerprint density at radius 2 is 1.91 bits per heavy atom. The second-order valence-corrected chi connectivity index (χ2v) is 8.74. The lowest BCUT2D eigenvalue weighted by Crippen LogP contribution is -2.43. The lowest BCUT2D eigenvalue weighted by Gasteiger charge is -2.18. The van der Waals surface area contributed by atoms with Crippen molar-refractivity contribution in [3.8, 4) is 0 Å². The molecule has 5 rings (SSSR count). The van der Waals surface area contributed by atoms with Crippen LogP contribution >= 0.6 is 0 Å². The summed E-state index contributed by atoms with van der Waals surface area (Å²) in [5, 5.41) is 7.11. The fourth-order valence-electron chi connectivity index (χ4n) is 5.36. The van der Waals surface area contributed by atoms with Crippen molar-refractivity contribution in [1.82, 2.24) is 15.5 Å². The maximum atomic E-state index is 13.5. The van der Waals surface area contributed by atoms with Gasteiger partial charge in [0.2, 0.25) is 11.8 Å². The van der Waals surface area contributed by atoms with Gasteiger partial charge in [-0.15, -0.1) is 0 Å². The quantitative estimate of drug-likeness (QED) is 0.314. The van der Waals surface area contributed by atoms with Crippen LogP contribution in [0.15, 0.2) is 39.8 Å². The molecule has 2 aliphatic carbocycles. The predicted octanol–water partition coefficient (Wildman–Crippen LogP) is 2.74. The fourth-order valence-corrected chi connectivity index (χ4v) is 5.36. The van der Waals surface area contributed by atoms with Gasteiger partial charge in [0, 0.05) is 30.6 Å². The van der Waals surface area contributed by atoms with Gasteiger partial charge >= 0.3 is 0 Å². The molecule has 1 saturated heterocycles. The summed E-state index contributed by atoms with van der Waals surface area (Å²) in [5.74, 6) is 0.975. The third-order valence-electron chi connectivity index (χ3n) is 6.91. The highest BCUT2D eigenvalue weighted by molar-refractivity contribution is 6.06. The van der Waals surface area contributed by atoms with Crippen LogP contribution in [0.25, 0.3) is 11.0 Å².